The van der Waals surface area contributed by atoms with Crippen LogP contribution in [0.25, 0.3) is 0 Å². The predicted molar refractivity (Wildman–Crippen MR) is 152 cm³/mol. The van der Waals surface area contributed by atoms with Gasteiger partial charge < -0.3 is 44.5 Å². The molecule has 2 aliphatic heterocycles. The van der Waals surface area contributed by atoms with Crippen LogP contribution in [0.2, 0.25) is 0 Å². The summed E-state index contributed by atoms with van der Waals surface area (Å²) in [6, 6.07) is 0.434. The van der Waals surface area contributed by atoms with Crippen molar-refractivity contribution < 1.29 is 39.5 Å². The maximum Gasteiger partial charge on any atom is 0.315 e. The van der Waals surface area contributed by atoms with Crippen LogP contribution >= 0.6 is 19.9 Å². The Labute approximate surface area is 236 Å². The molecule has 4 atom stereocenters. The number of thioether (sulfide) groups is 1. The zero-order valence-corrected chi connectivity index (χ0v) is 25.0. The number of urea groups is 1. The van der Waals surface area contributed by atoms with E-state index in [1.165, 1.54) is 7.40 Å². The van der Waals surface area contributed by atoms with E-state index < -0.39 is 8.15 Å². The van der Waals surface area contributed by atoms with E-state index in [4.69, 9.17) is 26.3 Å². The number of rotatable bonds is 24. The topological polar surface area (TPSA) is 137 Å². The summed E-state index contributed by atoms with van der Waals surface area (Å²) in [4.78, 5) is 23.4. The van der Waals surface area contributed by atoms with Crippen molar-refractivity contribution in [2.45, 2.75) is 62.9 Å². The van der Waals surface area contributed by atoms with E-state index in [0.717, 1.165) is 31.4 Å². The van der Waals surface area contributed by atoms with Crippen molar-refractivity contribution in [3.8, 4) is 0 Å². The van der Waals surface area contributed by atoms with Crippen LogP contribution in [0.15, 0.2) is 0 Å². The molecule has 2 saturated heterocycles. The predicted octanol–water partition coefficient (Wildman–Crippen LogP) is 1.96. The van der Waals surface area contributed by atoms with E-state index in [2.05, 4.69) is 21.1 Å². The number of aliphatic hydroxyl groups is 1. The quantitative estimate of drug-likeness (QED) is 0.0760. The monoisotopic (exact) mass is 586 g/mol. The smallest absolute Gasteiger partial charge is 0.315 e. The third-order valence-electron chi connectivity index (χ3n) is 5.83. The number of hydrogen-bond donors (Lipinski definition) is 4. The Kier molecular flexibility index (Phi) is 18.4. The molecule has 224 valence electrons. The first-order valence-electron chi connectivity index (χ1n) is 14.6. The lowest BCUT2D eigenvalue weighted by atomic mass is 10.0. The minimum Gasteiger partial charge on any atom is -0.394 e. The Morgan fingerprint density at radius 1 is 1.13 bits per heavy atom. The molecule has 2 heterocycles. The number of carbonyl (C=O) groups is 2. The Morgan fingerprint density at radius 3 is 2.50 bits per heavy atom. The molecule has 4 N–H and O–H groups in total. The van der Waals surface area contributed by atoms with Crippen LogP contribution in [0.4, 0.5) is 4.79 Å². The minimum atomic E-state index is -0.532. The highest BCUT2D eigenvalue weighted by Crippen LogP contribution is 2.33. The van der Waals surface area contributed by atoms with Crippen molar-refractivity contribution in [1.29, 1.82) is 1.43 Å². The lowest BCUT2D eigenvalue weighted by Crippen LogP contribution is -2.36. The lowest BCUT2D eigenvalue weighted by molar-refractivity contribution is -0.121. The SMILES string of the molecule is [2H]OCC(COCCOCCOCCOCCCNC(=O)CCCCC1SCC2NC(=O)NC21)OP(C)C.[3H]C. The Morgan fingerprint density at radius 2 is 1.82 bits per heavy atom. The van der Waals surface area contributed by atoms with Crippen LogP contribution in [-0.4, -0.2) is 127 Å². The third kappa shape index (κ3) is 15.8. The number of hydrogen-bond acceptors (Lipinski definition) is 9. The summed E-state index contributed by atoms with van der Waals surface area (Å²) in [6.45, 7) is 8.61. The Balaban J connectivity index is 0.00000391. The molecule has 0 saturated carbocycles. The van der Waals surface area contributed by atoms with Crippen molar-refractivity contribution >= 4 is 31.8 Å². The van der Waals surface area contributed by atoms with E-state index >= 15 is 0 Å². The summed E-state index contributed by atoms with van der Waals surface area (Å²) in [7, 11) is 0.718. The zero-order valence-electron chi connectivity index (χ0n) is 25.2. The number of fused-ring (bicyclic) bond motifs is 1. The van der Waals surface area contributed by atoms with Gasteiger partial charge in [-0.3, -0.25) is 4.79 Å². The van der Waals surface area contributed by atoms with Crippen molar-refractivity contribution in [3.63, 3.8) is 0 Å². The number of unbranched alkanes of at least 4 members (excludes halogenated alkanes) is 1. The van der Waals surface area contributed by atoms with Gasteiger partial charge in [-0.25, -0.2) is 4.79 Å². The standard InChI is InChI=1S/C24H46N3O8PS.CH4/c1-36(2)35-19(16-28)17-34-15-14-33-13-12-32-11-10-31-9-5-8-25-22(29)7-4-3-6-21-23-20(18-37-21)26-24(30)27-23;/h19-21,23,28H,3-18H2,1-2H3,(H,25,29)(H2,26,27,30);1H4/i28D;1T. The van der Waals surface area contributed by atoms with Crippen LogP contribution < -0.4 is 16.0 Å². The molecule has 0 aromatic carbocycles. The molecule has 13 heteroatoms. The molecule has 0 aromatic heterocycles. The van der Waals surface area contributed by atoms with Crippen molar-refractivity contribution in [2.75, 3.05) is 85.1 Å². The lowest BCUT2D eigenvalue weighted by Gasteiger charge is -2.17. The van der Waals surface area contributed by atoms with Gasteiger partial charge in [-0.15, -0.1) is 0 Å². The Hall–Kier alpha value is -0.720. The summed E-state index contributed by atoms with van der Waals surface area (Å²) in [6.07, 6.45) is 3.95. The molecule has 38 heavy (non-hydrogen) atoms. The van der Waals surface area contributed by atoms with E-state index in [0.29, 0.717) is 71.1 Å². The summed E-state index contributed by atoms with van der Waals surface area (Å²) in [5.74, 6) is 1.05. The van der Waals surface area contributed by atoms with E-state index in [-0.39, 0.29) is 36.7 Å². The zero-order chi connectivity index (χ0) is 29.4. The molecule has 11 nitrogen and oxygen atoms in total. The Bertz CT molecular complexity index is 663. The molecule has 2 aliphatic rings. The maximum atomic E-state index is 12.0. The highest BCUT2D eigenvalue weighted by atomic mass is 32.2. The molecule has 0 radical (unpaired) electrons. The van der Waals surface area contributed by atoms with Gasteiger partial charge in [0.05, 0.1) is 64.9 Å². The van der Waals surface area contributed by atoms with Gasteiger partial charge in [-0.2, -0.15) is 11.8 Å². The fourth-order valence-corrected chi connectivity index (χ4v) is 6.31. The first kappa shape index (κ1) is 31.8. The maximum absolute atomic E-state index is 12.0. The molecule has 0 aliphatic carbocycles. The first-order valence-corrected chi connectivity index (χ1v) is 16.4. The molecular weight excluding hydrogens is 533 g/mol. The number of aliphatic hydroxyl groups excluding tert-OH is 1. The van der Waals surface area contributed by atoms with Crippen LogP contribution in [-0.2, 0) is 28.3 Å². The molecule has 2 rings (SSSR count). The molecule has 2 fully saturated rings. The molecule has 4 unspecified atom stereocenters. The molecular formula is C25H50N3O8PS. The van der Waals surface area contributed by atoms with Crippen molar-refractivity contribution in [2.24, 2.45) is 0 Å². The second-order valence-electron chi connectivity index (χ2n) is 9.19. The van der Waals surface area contributed by atoms with E-state index in [9.17, 15) is 9.59 Å². The summed E-state index contributed by atoms with van der Waals surface area (Å²) >= 11 is 1.91. The van der Waals surface area contributed by atoms with Gasteiger partial charge in [-0.1, -0.05) is 13.8 Å². The van der Waals surface area contributed by atoms with Crippen LogP contribution in [0.1, 0.15) is 40.9 Å². The fraction of sp³-hybridized carbons (Fsp3) is 0.920. The second-order valence-corrected chi connectivity index (χ2v) is 12.3. The van der Waals surface area contributed by atoms with Crippen LogP contribution in [0.5, 0.6) is 0 Å². The largest absolute Gasteiger partial charge is 0.394 e. The van der Waals surface area contributed by atoms with Gasteiger partial charge >= 0.3 is 6.03 Å². The molecule has 0 bridgehead atoms. The molecule has 0 aromatic rings. The summed E-state index contributed by atoms with van der Waals surface area (Å²) in [5.41, 5.74) is 0. The number of carbonyl (C=O) groups excluding carboxylic acids is 2. The van der Waals surface area contributed by atoms with Crippen LogP contribution in [0, 0.1) is 0 Å². The summed E-state index contributed by atoms with van der Waals surface area (Å²) < 4.78 is 40.2. The van der Waals surface area contributed by atoms with Gasteiger partial charge in [0.1, 0.15) is 6.10 Å². The average Bonchev–Trinajstić information content (AvgIpc) is 3.48. The van der Waals surface area contributed by atoms with E-state index in [1.54, 1.807) is 0 Å². The van der Waals surface area contributed by atoms with E-state index in [1.807, 2.05) is 25.1 Å². The highest BCUT2D eigenvalue weighted by Gasteiger charge is 2.42. The molecule has 0 spiro atoms. The molecule has 3 amide bonds. The van der Waals surface area contributed by atoms with Crippen molar-refractivity contribution in [1.82, 2.24) is 16.0 Å². The highest BCUT2D eigenvalue weighted by molar-refractivity contribution is 8.00. The third-order valence-corrected chi connectivity index (χ3v) is 8.06. The number of ether oxygens (including phenoxy) is 4. The van der Waals surface area contributed by atoms with Crippen LogP contribution in [0.3, 0.4) is 0 Å². The first-order chi connectivity index (χ1) is 19.5. The normalized spacial score (nSPS) is 21.6. The number of nitrogens with one attached hydrogen (secondary N) is 3. The number of amides is 3. The van der Waals surface area contributed by atoms with Crippen molar-refractivity contribution in [3.05, 3.63) is 0 Å². The van der Waals surface area contributed by atoms with Gasteiger partial charge in [0.15, 0.2) is 0 Å². The van der Waals surface area contributed by atoms with Gasteiger partial charge in [0, 0.05) is 40.1 Å². The van der Waals surface area contributed by atoms with Gasteiger partial charge in [0.2, 0.25) is 7.34 Å². The average molecular weight is 587 g/mol. The fourth-order valence-electron chi connectivity index (χ4n) is 4.05. The second kappa shape index (κ2) is 22.0. The van der Waals surface area contributed by atoms with Gasteiger partial charge in [-0.05, 0) is 32.6 Å². The summed E-state index contributed by atoms with van der Waals surface area (Å²) in [5, 5.41) is 13.7. The minimum absolute atomic E-state index is 0.0546. The van der Waals surface area contributed by atoms with Gasteiger partial charge in [0.25, 0.3) is 0 Å².